The third-order valence-corrected chi connectivity index (χ3v) is 5.03. The number of piperidine rings is 1. The smallest absolute Gasteiger partial charge is 0.260 e. The number of imidazole rings is 1. The number of benzene rings is 1. The number of carbonyl (C=O) groups is 1. The van der Waals surface area contributed by atoms with Crippen LogP contribution in [-0.4, -0.2) is 50.0 Å². The van der Waals surface area contributed by atoms with E-state index < -0.39 is 0 Å². The number of para-hydroxylation sites is 1. The van der Waals surface area contributed by atoms with Crippen molar-refractivity contribution in [2.45, 2.75) is 25.7 Å². The number of carbonyl (C=O) groups excluding carboxylic acids is 1. The fraction of sp³-hybridized carbons (Fsp3) is 0.333. The van der Waals surface area contributed by atoms with E-state index in [2.05, 4.69) is 15.0 Å². The second-order valence-corrected chi connectivity index (χ2v) is 6.89. The summed E-state index contributed by atoms with van der Waals surface area (Å²) in [6, 6.07) is 9.41. The van der Waals surface area contributed by atoms with Gasteiger partial charge in [0.1, 0.15) is 11.6 Å². The summed E-state index contributed by atoms with van der Waals surface area (Å²) in [6.07, 6.45) is 8.96. The SMILES string of the molecule is Cc1nccn1-c1nccnc1[C@@H]1CCCN(C(=O)COc2ccccc2)C1. The van der Waals surface area contributed by atoms with Gasteiger partial charge in [0.05, 0.1) is 5.69 Å². The lowest BCUT2D eigenvalue weighted by Gasteiger charge is -2.33. The van der Waals surface area contributed by atoms with E-state index in [9.17, 15) is 4.79 Å². The van der Waals surface area contributed by atoms with Crippen molar-refractivity contribution in [1.29, 1.82) is 0 Å². The molecular formula is C21H23N5O2. The average Bonchev–Trinajstić information content (AvgIpc) is 3.18. The van der Waals surface area contributed by atoms with E-state index in [1.165, 1.54) is 0 Å². The molecule has 0 bridgehead atoms. The monoisotopic (exact) mass is 377 g/mol. The minimum Gasteiger partial charge on any atom is -0.484 e. The molecule has 0 saturated carbocycles. The van der Waals surface area contributed by atoms with E-state index in [0.717, 1.165) is 36.7 Å². The third kappa shape index (κ3) is 3.88. The van der Waals surface area contributed by atoms with Crippen LogP contribution < -0.4 is 4.74 Å². The van der Waals surface area contributed by atoms with Gasteiger partial charge in [-0.15, -0.1) is 0 Å². The van der Waals surface area contributed by atoms with Crippen LogP contribution in [0.4, 0.5) is 0 Å². The topological polar surface area (TPSA) is 73.1 Å². The van der Waals surface area contributed by atoms with Crippen molar-refractivity contribution in [2.75, 3.05) is 19.7 Å². The summed E-state index contributed by atoms with van der Waals surface area (Å²) in [5.41, 5.74) is 0.907. The maximum atomic E-state index is 12.7. The Hall–Kier alpha value is -3.22. The van der Waals surface area contributed by atoms with E-state index in [-0.39, 0.29) is 18.4 Å². The number of hydrogen-bond acceptors (Lipinski definition) is 5. The van der Waals surface area contributed by atoms with Crippen molar-refractivity contribution in [3.05, 3.63) is 66.6 Å². The van der Waals surface area contributed by atoms with Crippen LogP contribution in [0, 0.1) is 6.92 Å². The molecule has 1 saturated heterocycles. The van der Waals surface area contributed by atoms with Gasteiger partial charge in [-0.2, -0.15) is 0 Å². The molecule has 3 aromatic rings. The van der Waals surface area contributed by atoms with Gasteiger partial charge in [0, 0.05) is 43.8 Å². The lowest BCUT2D eigenvalue weighted by Crippen LogP contribution is -2.42. The highest BCUT2D eigenvalue weighted by molar-refractivity contribution is 5.78. The van der Waals surface area contributed by atoms with Gasteiger partial charge in [0.15, 0.2) is 12.4 Å². The first-order valence-corrected chi connectivity index (χ1v) is 9.49. The van der Waals surface area contributed by atoms with E-state index >= 15 is 0 Å². The Morgan fingerprint density at radius 1 is 1.14 bits per heavy atom. The summed E-state index contributed by atoms with van der Waals surface area (Å²) in [6.45, 7) is 3.35. The standard InChI is InChI=1S/C21H23N5O2/c1-16-22-11-13-26(16)21-20(23-9-10-24-21)17-6-5-12-25(14-17)19(27)15-28-18-7-3-2-4-8-18/h2-4,7-11,13,17H,5-6,12,14-15H2,1H3/t17-/m1/s1. The molecule has 144 valence electrons. The summed E-state index contributed by atoms with van der Waals surface area (Å²) >= 11 is 0. The predicted octanol–water partition coefficient (Wildman–Crippen LogP) is 2.76. The summed E-state index contributed by atoms with van der Waals surface area (Å²) in [4.78, 5) is 28.0. The van der Waals surface area contributed by atoms with Crippen molar-refractivity contribution in [3.8, 4) is 11.6 Å². The van der Waals surface area contributed by atoms with E-state index in [0.29, 0.717) is 12.3 Å². The van der Waals surface area contributed by atoms with E-state index in [1.54, 1.807) is 18.6 Å². The number of amides is 1. The average molecular weight is 377 g/mol. The van der Waals surface area contributed by atoms with Gasteiger partial charge in [-0.05, 0) is 31.9 Å². The number of rotatable bonds is 5. The summed E-state index contributed by atoms with van der Waals surface area (Å²) < 4.78 is 7.57. The molecule has 1 atom stereocenters. The zero-order valence-electron chi connectivity index (χ0n) is 15.9. The molecule has 2 aromatic heterocycles. The maximum Gasteiger partial charge on any atom is 0.260 e. The third-order valence-electron chi connectivity index (χ3n) is 5.03. The van der Waals surface area contributed by atoms with Crippen molar-refractivity contribution in [2.24, 2.45) is 0 Å². The first kappa shape index (κ1) is 18.2. The second kappa shape index (κ2) is 8.21. The van der Waals surface area contributed by atoms with Crippen LogP contribution in [0.15, 0.2) is 55.1 Å². The van der Waals surface area contributed by atoms with Crippen LogP contribution in [0.25, 0.3) is 5.82 Å². The molecule has 0 N–H and O–H groups in total. The second-order valence-electron chi connectivity index (χ2n) is 6.89. The number of nitrogens with zero attached hydrogens (tertiary/aromatic N) is 5. The Morgan fingerprint density at radius 3 is 2.75 bits per heavy atom. The maximum absolute atomic E-state index is 12.7. The number of hydrogen-bond donors (Lipinski definition) is 0. The molecule has 1 aliphatic heterocycles. The molecule has 4 rings (SSSR count). The molecule has 0 radical (unpaired) electrons. The van der Waals surface area contributed by atoms with Gasteiger partial charge in [0.25, 0.3) is 5.91 Å². The summed E-state index contributed by atoms with van der Waals surface area (Å²) in [5.74, 6) is 2.49. The van der Waals surface area contributed by atoms with Gasteiger partial charge in [-0.3, -0.25) is 14.3 Å². The molecule has 7 nitrogen and oxygen atoms in total. The first-order valence-electron chi connectivity index (χ1n) is 9.49. The fourth-order valence-corrected chi connectivity index (χ4v) is 3.60. The van der Waals surface area contributed by atoms with Gasteiger partial charge in [-0.25, -0.2) is 9.97 Å². The first-order chi connectivity index (χ1) is 13.7. The van der Waals surface area contributed by atoms with Crippen LogP contribution in [0.5, 0.6) is 5.75 Å². The molecule has 1 aliphatic rings. The summed E-state index contributed by atoms with van der Waals surface area (Å²) in [7, 11) is 0. The highest BCUT2D eigenvalue weighted by Gasteiger charge is 2.28. The fourth-order valence-electron chi connectivity index (χ4n) is 3.60. The highest BCUT2D eigenvalue weighted by Crippen LogP contribution is 2.29. The van der Waals surface area contributed by atoms with Crippen molar-refractivity contribution in [3.63, 3.8) is 0 Å². The van der Waals surface area contributed by atoms with Gasteiger partial charge < -0.3 is 9.64 Å². The van der Waals surface area contributed by atoms with Gasteiger partial charge in [0.2, 0.25) is 0 Å². The Bertz CT molecular complexity index is 941. The van der Waals surface area contributed by atoms with Gasteiger partial charge >= 0.3 is 0 Å². The van der Waals surface area contributed by atoms with Crippen molar-refractivity contribution < 1.29 is 9.53 Å². The van der Waals surface area contributed by atoms with Crippen molar-refractivity contribution in [1.82, 2.24) is 24.4 Å². The van der Waals surface area contributed by atoms with Crippen LogP contribution in [0.3, 0.4) is 0 Å². The van der Waals surface area contributed by atoms with Crippen LogP contribution in [0.1, 0.15) is 30.3 Å². The molecule has 7 heteroatoms. The molecule has 0 aliphatic carbocycles. The Kier molecular flexibility index (Phi) is 5.32. The zero-order chi connectivity index (χ0) is 19.3. The molecule has 1 aromatic carbocycles. The minimum absolute atomic E-state index is 0.00203. The number of aromatic nitrogens is 4. The zero-order valence-corrected chi connectivity index (χ0v) is 15.9. The Morgan fingerprint density at radius 2 is 1.96 bits per heavy atom. The minimum atomic E-state index is -0.00203. The largest absolute Gasteiger partial charge is 0.484 e. The lowest BCUT2D eigenvalue weighted by molar-refractivity contribution is -0.134. The Balaban J connectivity index is 1.47. The summed E-state index contributed by atoms with van der Waals surface area (Å²) in [5, 5.41) is 0. The molecule has 0 spiro atoms. The number of likely N-dealkylation sites (tertiary alicyclic amines) is 1. The molecule has 0 unspecified atom stereocenters. The highest BCUT2D eigenvalue weighted by atomic mass is 16.5. The molecule has 3 heterocycles. The van der Waals surface area contributed by atoms with E-state index in [1.807, 2.05) is 52.9 Å². The van der Waals surface area contributed by atoms with Gasteiger partial charge in [-0.1, -0.05) is 18.2 Å². The normalized spacial score (nSPS) is 16.8. The van der Waals surface area contributed by atoms with Crippen molar-refractivity contribution >= 4 is 5.91 Å². The molecule has 28 heavy (non-hydrogen) atoms. The van der Waals surface area contributed by atoms with E-state index in [4.69, 9.17) is 4.74 Å². The van der Waals surface area contributed by atoms with Crippen LogP contribution in [0.2, 0.25) is 0 Å². The lowest BCUT2D eigenvalue weighted by atomic mass is 9.94. The predicted molar refractivity (Wildman–Crippen MR) is 104 cm³/mol. The number of aryl methyl sites for hydroxylation is 1. The quantitative estimate of drug-likeness (QED) is 0.684. The van der Waals surface area contributed by atoms with Crippen LogP contribution in [-0.2, 0) is 4.79 Å². The van der Waals surface area contributed by atoms with Crippen LogP contribution >= 0.6 is 0 Å². The number of ether oxygens (including phenoxy) is 1. The molecule has 1 amide bonds. The molecular weight excluding hydrogens is 354 g/mol. The molecule has 1 fully saturated rings. The Labute approximate surface area is 164 Å².